The molecule has 0 saturated carbocycles. The molecular weight excluding hydrogens is 432 g/mol. The van der Waals surface area contributed by atoms with E-state index in [1.54, 1.807) is 54.6 Å². The van der Waals surface area contributed by atoms with Crippen LogP contribution in [-0.2, 0) is 10.0 Å². The first kappa shape index (κ1) is 20.7. The Morgan fingerprint density at radius 3 is 2.13 bits per heavy atom. The van der Waals surface area contributed by atoms with Crippen LogP contribution < -0.4 is 9.62 Å². The molecule has 0 radical (unpaired) electrons. The van der Waals surface area contributed by atoms with Gasteiger partial charge in [-0.15, -0.1) is 10.2 Å². The van der Waals surface area contributed by atoms with E-state index in [1.807, 2.05) is 30.3 Å². The van der Waals surface area contributed by atoms with E-state index in [9.17, 15) is 13.2 Å². The molecule has 0 spiro atoms. The first-order chi connectivity index (χ1) is 14.9. The zero-order chi connectivity index (χ0) is 21.8. The predicted octanol–water partition coefficient (Wildman–Crippen LogP) is 4.28. The lowest BCUT2D eigenvalue weighted by Crippen LogP contribution is -2.26. The van der Waals surface area contributed by atoms with E-state index >= 15 is 0 Å². The number of carbonyl (C=O) groups excluding carboxylic acids is 1. The molecule has 156 valence electrons. The van der Waals surface area contributed by atoms with Gasteiger partial charge in [0.1, 0.15) is 5.01 Å². The van der Waals surface area contributed by atoms with Crippen molar-refractivity contribution in [3.8, 4) is 10.6 Å². The highest BCUT2D eigenvalue weighted by molar-refractivity contribution is 7.92. The molecule has 0 atom stereocenters. The number of hydrogen-bond donors (Lipinski definition) is 1. The Morgan fingerprint density at radius 1 is 0.871 bits per heavy atom. The Morgan fingerprint density at radius 2 is 1.48 bits per heavy atom. The molecule has 0 aliphatic rings. The number of anilines is 2. The molecule has 1 N–H and O–H groups in total. The monoisotopic (exact) mass is 450 g/mol. The number of aromatic nitrogens is 2. The van der Waals surface area contributed by atoms with E-state index in [-0.39, 0.29) is 10.8 Å². The average Bonchev–Trinajstić information content (AvgIpc) is 3.28. The van der Waals surface area contributed by atoms with E-state index in [2.05, 4.69) is 15.5 Å². The maximum atomic E-state index is 12.7. The van der Waals surface area contributed by atoms with Gasteiger partial charge in [0.25, 0.3) is 15.9 Å². The summed E-state index contributed by atoms with van der Waals surface area (Å²) < 4.78 is 26.7. The van der Waals surface area contributed by atoms with Crippen molar-refractivity contribution < 1.29 is 13.2 Å². The summed E-state index contributed by atoms with van der Waals surface area (Å²) in [6.07, 6.45) is 0. The van der Waals surface area contributed by atoms with Gasteiger partial charge in [-0.1, -0.05) is 59.9 Å². The van der Waals surface area contributed by atoms with Crippen molar-refractivity contribution in [1.29, 1.82) is 0 Å². The van der Waals surface area contributed by atoms with E-state index in [1.165, 1.54) is 22.7 Å². The normalized spacial score (nSPS) is 11.1. The van der Waals surface area contributed by atoms with Gasteiger partial charge in [0.05, 0.1) is 10.6 Å². The molecule has 4 aromatic rings. The molecule has 0 saturated heterocycles. The predicted molar refractivity (Wildman–Crippen MR) is 122 cm³/mol. The minimum atomic E-state index is -3.68. The molecule has 0 fully saturated rings. The summed E-state index contributed by atoms with van der Waals surface area (Å²) in [5.74, 6) is -0.351. The fraction of sp³-hybridized carbons (Fsp3) is 0.0455. The number of nitrogens with zero attached hydrogens (tertiary/aromatic N) is 3. The maximum absolute atomic E-state index is 12.7. The SMILES string of the molecule is CN(c1ccc(C(=O)Nc2nnc(-c3ccccc3)s2)cc1)S(=O)(=O)c1ccccc1. The Balaban J connectivity index is 1.47. The highest BCUT2D eigenvalue weighted by Gasteiger charge is 2.21. The fourth-order valence-electron chi connectivity index (χ4n) is 2.85. The van der Waals surface area contributed by atoms with Crippen molar-refractivity contribution >= 4 is 38.1 Å². The molecular formula is C22H18N4O3S2. The van der Waals surface area contributed by atoms with Gasteiger partial charge in [0.2, 0.25) is 5.13 Å². The van der Waals surface area contributed by atoms with E-state index < -0.39 is 10.0 Å². The van der Waals surface area contributed by atoms with Gasteiger partial charge < -0.3 is 0 Å². The van der Waals surface area contributed by atoms with Gasteiger partial charge >= 0.3 is 0 Å². The topological polar surface area (TPSA) is 92.3 Å². The quantitative estimate of drug-likeness (QED) is 0.473. The van der Waals surface area contributed by atoms with Crippen LogP contribution in [0, 0.1) is 0 Å². The second-order valence-electron chi connectivity index (χ2n) is 6.56. The zero-order valence-electron chi connectivity index (χ0n) is 16.5. The third-order valence-electron chi connectivity index (χ3n) is 4.56. The minimum Gasteiger partial charge on any atom is -0.296 e. The molecule has 7 nitrogen and oxygen atoms in total. The van der Waals surface area contributed by atoms with Gasteiger partial charge in [0, 0.05) is 18.2 Å². The Bertz CT molecular complexity index is 1290. The van der Waals surface area contributed by atoms with Gasteiger partial charge in [-0.3, -0.25) is 14.4 Å². The summed E-state index contributed by atoms with van der Waals surface area (Å²) >= 11 is 1.28. The van der Waals surface area contributed by atoms with Crippen molar-refractivity contribution in [2.24, 2.45) is 0 Å². The molecule has 1 heterocycles. The lowest BCUT2D eigenvalue weighted by atomic mass is 10.2. The molecule has 1 aromatic heterocycles. The molecule has 3 aromatic carbocycles. The number of sulfonamides is 1. The number of hydrogen-bond acceptors (Lipinski definition) is 6. The van der Waals surface area contributed by atoms with E-state index in [4.69, 9.17) is 0 Å². The molecule has 4 rings (SSSR count). The lowest BCUT2D eigenvalue weighted by Gasteiger charge is -2.19. The molecule has 1 amide bonds. The number of rotatable bonds is 6. The third-order valence-corrected chi connectivity index (χ3v) is 7.25. The van der Waals surface area contributed by atoms with Crippen molar-refractivity contribution in [3.63, 3.8) is 0 Å². The van der Waals surface area contributed by atoms with Crippen molar-refractivity contribution in [3.05, 3.63) is 90.5 Å². The zero-order valence-corrected chi connectivity index (χ0v) is 18.1. The first-order valence-electron chi connectivity index (χ1n) is 9.29. The maximum Gasteiger partial charge on any atom is 0.264 e. The smallest absolute Gasteiger partial charge is 0.264 e. The second kappa shape index (κ2) is 8.66. The van der Waals surface area contributed by atoms with E-state index in [0.717, 1.165) is 5.56 Å². The third kappa shape index (κ3) is 4.47. The Kier molecular flexibility index (Phi) is 5.79. The number of amides is 1. The summed E-state index contributed by atoms with van der Waals surface area (Å²) in [6.45, 7) is 0. The molecule has 0 bridgehead atoms. The molecule has 0 unspecified atom stereocenters. The van der Waals surface area contributed by atoms with Crippen LogP contribution in [0.5, 0.6) is 0 Å². The second-order valence-corrected chi connectivity index (χ2v) is 9.51. The van der Waals surface area contributed by atoms with Gasteiger partial charge in [-0.2, -0.15) is 0 Å². The molecule has 0 aliphatic carbocycles. The largest absolute Gasteiger partial charge is 0.296 e. The number of nitrogens with one attached hydrogen (secondary N) is 1. The molecule has 9 heteroatoms. The van der Waals surface area contributed by atoms with Crippen LogP contribution in [0.25, 0.3) is 10.6 Å². The summed E-state index contributed by atoms with van der Waals surface area (Å²) in [5.41, 5.74) is 1.75. The molecule has 31 heavy (non-hydrogen) atoms. The lowest BCUT2D eigenvalue weighted by molar-refractivity contribution is 0.102. The van der Waals surface area contributed by atoms with Crippen LogP contribution in [0.2, 0.25) is 0 Å². The average molecular weight is 451 g/mol. The minimum absolute atomic E-state index is 0.199. The van der Waals surface area contributed by atoms with Crippen molar-refractivity contribution in [2.75, 3.05) is 16.7 Å². The van der Waals surface area contributed by atoms with Gasteiger partial charge in [-0.25, -0.2) is 8.42 Å². The Labute approximate surface area is 184 Å². The summed E-state index contributed by atoms with van der Waals surface area (Å²) in [4.78, 5) is 12.8. The summed E-state index contributed by atoms with van der Waals surface area (Å²) in [5, 5.41) is 11.9. The van der Waals surface area contributed by atoms with E-state index in [0.29, 0.717) is 21.4 Å². The van der Waals surface area contributed by atoms with Crippen molar-refractivity contribution in [2.45, 2.75) is 4.90 Å². The van der Waals surface area contributed by atoms with Crippen LogP contribution in [0.1, 0.15) is 10.4 Å². The number of carbonyl (C=O) groups is 1. The van der Waals surface area contributed by atoms with Crippen LogP contribution in [0.15, 0.2) is 89.8 Å². The summed E-state index contributed by atoms with van der Waals surface area (Å²) in [7, 11) is -2.21. The highest BCUT2D eigenvalue weighted by atomic mass is 32.2. The first-order valence-corrected chi connectivity index (χ1v) is 11.5. The van der Waals surface area contributed by atoms with Gasteiger partial charge in [-0.05, 0) is 36.4 Å². The van der Waals surface area contributed by atoms with Crippen molar-refractivity contribution in [1.82, 2.24) is 10.2 Å². The number of benzene rings is 3. The summed E-state index contributed by atoms with van der Waals surface area (Å²) in [6, 6.07) is 24.1. The van der Waals surface area contributed by atoms with Crippen LogP contribution >= 0.6 is 11.3 Å². The fourth-order valence-corrected chi connectivity index (χ4v) is 4.81. The highest BCUT2D eigenvalue weighted by Crippen LogP contribution is 2.27. The Hall–Kier alpha value is -3.56. The van der Waals surface area contributed by atoms with Crippen LogP contribution in [0.3, 0.4) is 0 Å². The van der Waals surface area contributed by atoms with Crippen LogP contribution in [0.4, 0.5) is 10.8 Å². The van der Waals surface area contributed by atoms with Crippen LogP contribution in [-0.4, -0.2) is 31.6 Å². The standard InChI is InChI=1S/C22H18N4O3S2/c1-26(31(28,29)19-10-6-3-7-11-19)18-14-12-16(13-15-18)20(27)23-22-25-24-21(30-22)17-8-4-2-5-9-17/h2-15H,1H3,(H,23,25,27). The molecule has 0 aliphatic heterocycles. The van der Waals surface area contributed by atoms with Gasteiger partial charge in [0.15, 0.2) is 0 Å².